The number of carboxylic acid groups (broad SMARTS) is 1. The highest BCUT2D eigenvalue weighted by Gasteiger charge is 2.26. The lowest BCUT2D eigenvalue weighted by Crippen LogP contribution is -2.40. The van der Waals surface area contributed by atoms with Crippen molar-refractivity contribution in [2.45, 2.75) is 13.1 Å². The largest absolute Gasteiger partial charge is 0.495 e. The number of morpholine rings is 1. The van der Waals surface area contributed by atoms with Crippen LogP contribution in [0.5, 0.6) is 11.5 Å². The van der Waals surface area contributed by atoms with E-state index >= 15 is 0 Å². The van der Waals surface area contributed by atoms with Crippen LogP contribution < -0.4 is 20.1 Å². The average molecular weight is 874 g/mol. The molecule has 19 heteroatoms. The quantitative estimate of drug-likeness (QED) is 0.119. The van der Waals surface area contributed by atoms with E-state index in [-0.39, 0.29) is 11.6 Å². The minimum atomic E-state index is -1.08. The number of halogens is 2. The summed E-state index contributed by atoms with van der Waals surface area (Å²) in [6.45, 7) is 3.49. The van der Waals surface area contributed by atoms with E-state index in [4.69, 9.17) is 14.2 Å². The van der Waals surface area contributed by atoms with Crippen molar-refractivity contribution < 1.29 is 28.9 Å². The molecule has 0 spiro atoms. The molecule has 5 N–H and O–H groups in total. The number of aromatic amines is 2. The summed E-state index contributed by atoms with van der Waals surface area (Å²) in [4.78, 5) is 57.6. The number of ether oxygens (including phenoxy) is 3. The molecule has 0 radical (unpaired) electrons. The molecule has 0 bridgehead atoms. The SMILES string of the molecule is COc1cc2c(cc1Nc1ncnc3[nH]c(C(=O)N4CCOCC4)c(Br)c13)C=NC2.COc1cc2c(cc1Nc1ncnc3[nH]c(C(=O)O)c(Br)c13)C=NC2. The molecule has 1 saturated heterocycles. The maximum absolute atomic E-state index is 13.0. The van der Waals surface area contributed by atoms with Crippen LogP contribution in [0.2, 0.25) is 0 Å². The van der Waals surface area contributed by atoms with Gasteiger partial charge in [-0.1, -0.05) is 0 Å². The van der Waals surface area contributed by atoms with Gasteiger partial charge in [0.1, 0.15) is 58.5 Å². The van der Waals surface area contributed by atoms with Gasteiger partial charge in [-0.25, -0.2) is 24.7 Å². The highest BCUT2D eigenvalue weighted by Crippen LogP contribution is 2.39. The number of nitrogens with one attached hydrogen (secondary N) is 4. The number of amides is 1. The molecule has 0 atom stereocenters. The molecule has 1 amide bonds. The summed E-state index contributed by atoms with van der Waals surface area (Å²) < 4.78 is 17.4. The number of anilines is 4. The number of carboxylic acids is 1. The Hall–Kier alpha value is -5.92. The Morgan fingerprint density at radius 1 is 0.764 bits per heavy atom. The third-order valence-electron chi connectivity index (χ3n) is 9.20. The number of H-pyrrole nitrogens is 2. The van der Waals surface area contributed by atoms with Gasteiger partial charge in [0.05, 0.1) is 71.6 Å². The second kappa shape index (κ2) is 15.1. The predicted octanol–water partition coefficient (Wildman–Crippen LogP) is 5.98. The number of benzene rings is 2. The molecule has 0 saturated carbocycles. The third kappa shape index (κ3) is 6.85. The van der Waals surface area contributed by atoms with Crippen LogP contribution in [0.25, 0.3) is 22.1 Å². The fourth-order valence-electron chi connectivity index (χ4n) is 6.45. The van der Waals surface area contributed by atoms with E-state index in [0.29, 0.717) is 105 Å². The van der Waals surface area contributed by atoms with Gasteiger partial charge in [0.2, 0.25) is 0 Å². The van der Waals surface area contributed by atoms with Gasteiger partial charge in [-0.2, -0.15) is 0 Å². The van der Waals surface area contributed by atoms with E-state index < -0.39 is 5.97 Å². The molecule has 9 rings (SSSR count). The number of hydrogen-bond donors (Lipinski definition) is 5. The molecule has 1 fully saturated rings. The summed E-state index contributed by atoms with van der Waals surface area (Å²) in [5.74, 6) is 1.21. The number of hydrogen-bond acceptors (Lipinski definition) is 13. The van der Waals surface area contributed by atoms with Crippen LogP contribution >= 0.6 is 31.9 Å². The van der Waals surface area contributed by atoms with E-state index in [1.165, 1.54) is 12.7 Å². The van der Waals surface area contributed by atoms with E-state index in [1.807, 2.05) is 36.7 Å². The molecular formula is C36H31Br2N11O6. The van der Waals surface area contributed by atoms with Gasteiger partial charge in [-0.3, -0.25) is 14.8 Å². The normalized spacial score (nSPS) is 14.1. The summed E-state index contributed by atoms with van der Waals surface area (Å²) >= 11 is 6.90. The van der Waals surface area contributed by atoms with Gasteiger partial charge >= 0.3 is 5.97 Å². The van der Waals surface area contributed by atoms with Gasteiger partial charge in [-0.15, -0.1) is 0 Å². The zero-order valence-corrected chi connectivity index (χ0v) is 32.4. The van der Waals surface area contributed by atoms with Crippen LogP contribution in [0.3, 0.4) is 0 Å². The Labute approximate surface area is 328 Å². The Morgan fingerprint density at radius 2 is 1.25 bits per heavy atom. The fraction of sp³-hybridized carbons (Fsp3) is 0.222. The van der Waals surface area contributed by atoms with Crippen molar-refractivity contribution in [2.24, 2.45) is 9.98 Å². The topological polar surface area (TPSA) is 217 Å². The summed E-state index contributed by atoms with van der Waals surface area (Å²) in [6.07, 6.45) is 6.48. The number of aromatic carboxylic acids is 1. The number of rotatable bonds is 8. The first-order chi connectivity index (χ1) is 26.7. The van der Waals surface area contributed by atoms with Crippen molar-refractivity contribution >= 4 is 101 Å². The van der Waals surface area contributed by atoms with Crippen molar-refractivity contribution in [2.75, 3.05) is 51.2 Å². The molecular weight excluding hydrogens is 842 g/mol. The first kappa shape index (κ1) is 36.1. The summed E-state index contributed by atoms with van der Waals surface area (Å²) in [5.41, 5.74) is 7.18. The maximum atomic E-state index is 13.0. The minimum Gasteiger partial charge on any atom is -0.495 e. The Morgan fingerprint density at radius 3 is 1.75 bits per heavy atom. The molecule has 3 aliphatic heterocycles. The molecule has 0 unspecified atom stereocenters. The number of aromatic nitrogens is 6. The molecule has 280 valence electrons. The first-order valence-electron chi connectivity index (χ1n) is 16.8. The van der Waals surface area contributed by atoms with Crippen LogP contribution in [-0.2, 0) is 17.8 Å². The molecule has 7 heterocycles. The van der Waals surface area contributed by atoms with E-state index in [1.54, 1.807) is 19.1 Å². The minimum absolute atomic E-state index is 0.0200. The predicted molar refractivity (Wildman–Crippen MR) is 212 cm³/mol. The highest BCUT2D eigenvalue weighted by molar-refractivity contribution is 9.11. The third-order valence-corrected chi connectivity index (χ3v) is 10.8. The zero-order chi connectivity index (χ0) is 38.2. The van der Waals surface area contributed by atoms with Gasteiger partial charge in [0.25, 0.3) is 5.91 Å². The van der Waals surface area contributed by atoms with Crippen molar-refractivity contribution in [1.82, 2.24) is 34.8 Å². The zero-order valence-electron chi connectivity index (χ0n) is 29.2. The molecule has 17 nitrogen and oxygen atoms in total. The van der Waals surface area contributed by atoms with Crippen LogP contribution in [0.15, 0.2) is 55.9 Å². The molecule has 3 aliphatic rings. The first-order valence-corrected chi connectivity index (χ1v) is 18.4. The van der Waals surface area contributed by atoms with Crippen LogP contribution in [0, 0.1) is 0 Å². The number of methoxy groups -OCH3 is 2. The second-order valence-corrected chi connectivity index (χ2v) is 14.0. The molecule has 4 aromatic heterocycles. The maximum Gasteiger partial charge on any atom is 0.353 e. The molecule has 6 aromatic rings. The lowest BCUT2D eigenvalue weighted by Gasteiger charge is -2.26. The molecule has 55 heavy (non-hydrogen) atoms. The summed E-state index contributed by atoms with van der Waals surface area (Å²) in [6, 6.07) is 7.82. The number of carbonyl (C=O) groups is 2. The molecule has 2 aromatic carbocycles. The Bertz CT molecular complexity index is 2560. The molecule has 0 aliphatic carbocycles. The van der Waals surface area contributed by atoms with Gasteiger partial charge < -0.3 is 44.8 Å². The van der Waals surface area contributed by atoms with E-state index in [9.17, 15) is 14.7 Å². The van der Waals surface area contributed by atoms with Crippen LogP contribution in [0.4, 0.5) is 23.0 Å². The van der Waals surface area contributed by atoms with E-state index in [0.717, 1.165) is 27.9 Å². The fourth-order valence-corrected chi connectivity index (χ4v) is 7.73. The number of nitrogens with zero attached hydrogens (tertiary/aromatic N) is 7. The smallest absolute Gasteiger partial charge is 0.353 e. The summed E-state index contributed by atoms with van der Waals surface area (Å²) in [5, 5.41) is 17.1. The number of fused-ring (bicyclic) bond motifs is 4. The standard InChI is InChI=1S/C20H19BrN6O3.C16H12BrN5O3/c1-29-14-7-12-9-22-8-11(12)6-13(14)25-18-15-16(21)17(26-19(15)24-10-23-18)20(28)27-2-4-30-5-3-27;1-25-10-3-8-5-18-4-7(8)2-9(10)21-14-11-12(17)13(16(23)24)22-15(11)20-6-19-14/h6-8,10H,2-5,9H2,1H3,(H2,23,24,25,26);2-4,6H,5H2,1H3,(H,23,24)(H2,19,20,21,22). The summed E-state index contributed by atoms with van der Waals surface area (Å²) in [7, 11) is 3.22. The monoisotopic (exact) mass is 871 g/mol. The Balaban J connectivity index is 0.000000158. The van der Waals surface area contributed by atoms with E-state index in [2.05, 4.69) is 82.4 Å². The van der Waals surface area contributed by atoms with Crippen molar-refractivity contribution in [1.29, 1.82) is 0 Å². The van der Waals surface area contributed by atoms with Crippen molar-refractivity contribution in [3.05, 3.63) is 79.5 Å². The lowest BCUT2D eigenvalue weighted by molar-refractivity contribution is 0.0299. The van der Waals surface area contributed by atoms with Gasteiger partial charge in [0, 0.05) is 25.5 Å². The Kier molecular flexibility index (Phi) is 9.89. The van der Waals surface area contributed by atoms with Crippen LogP contribution in [0.1, 0.15) is 43.2 Å². The number of carbonyl (C=O) groups excluding carboxylic acids is 1. The highest BCUT2D eigenvalue weighted by atomic mass is 79.9. The van der Waals surface area contributed by atoms with Gasteiger partial charge in [0.15, 0.2) is 0 Å². The van der Waals surface area contributed by atoms with Crippen molar-refractivity contribution in [3.63, 3.8) is 0 Å². The number of aliphatic imine (C=N–C) groups is 2. The average Bonchev–Trinajstić information content (AvgIpc) is 4.00. The lowest BCUT2D eigenvalue weighted by atomic mass is 10.1. The van der Waals surface area contributed by atoms with Gasteiger partial charge in [-0.05, 0) is 78.4 Å². The second-order valence-electron chi connectivity index (χ2n) is 12.4. The van der Waals surface area contributed by atoms with Crippen LogP contribution in [-0.4, -0.2) is 105 Å². The van der Waals surface area contributed by atoms with Crippen molar-refractivity contribution in [3.8, 4) is 11.5 Å².